The van der Waals surface area contributed by atoms with Crippen LogP contribution >= 0.6 is 0 Å². The minimum Gasteiger partial charge on any atom is -0.307 e. The summed E-state index contributed by atoms with van der Waals surface area (Å²) < 4.78 is 0. The molecule has 1 aromatic rings. The first-order valence-electron chi connectivity index (χ1n) is 7.15. The van der Waals surface area contributed by atoms with Crippen molar-refractivity contribution in [2.75, 3.05) is 6.54 Å². The highest BCUT2D eigenvalue weighted by atomic mass is 15.0. The van der Waals surface area contributed by atoms with Crippen molar-refractivity contribution in [2.45, 2.75) is 44.6 Å². The Kier molecular flexibility index (Phi) is 2.96. The van der Waals surface area contributed by atoms with Crippen molar-refractivity contribution >= 4 is 0 Å². The quantitative estimate of drug-likeness (QED) is 0.830. The summed E-state index contributed by atoms with van der Waals surface area (Å²) in [6.07, 6.45) is 6.93. The minimum atomic E-state index is 0.306. The van der Waals surface area contributed by atoms with Gasteiger partial charge in [0.05, 0.1) is 0 Å². The molecule has 1 aromatic carbocycles. The molecule has 0 amide bonds. The van der Waals surface area contributed by atoms with Gasteiger partial charge in [0.25, 0.3) is 0 Å². The molecule has 2 aliphatic rings. The Morgan fingerprint density at radius 1 is 1.24 bits per heavy atom. The third-order valence-corrected chi connectivity index (χ3v) is 4.83. The summed E-state index contributed by atoms with van der Waals surface area (Å²) in [5.41, 5.74) is 1.83. The van der Waals surface area contributed by atoms with Gasteiger partial charge in [-0.1, -0.05) is 43.7 Å². The monoisotopic (exact) mass is 229 g/mol. The lowest BCUT2D eigenvalue weighted by Gasteiger charge is -2.39. The Hall–Kier alpha value is -0.820. The fourth-order valence-electron chi connectivity index (χ4n) is 4.09. The molecule has 3 unspecified atom stereocenters. The van der Waals surface area contributed by atoms with Gasteiger partial charge in [0.2, 0.25) is 0 Å². The van der Waals surface area contributed by atoms with Gasteiger partial charge in [0, 0.05) is 5.54 Å². The topological polar surface area (TPSA) is 12.0 Å². The average molecular weight is 229 g/mol. The van der Waals surface area contributed by atoms with Gasteiger partial charge in [-0.15, -0.1) is 0 Å². The molecular weight excluding hydrogens is 206 g/mol. The zero-order valence-electron chi connectivity index (χ0n) is 10.8. The fourth-order valence-corrected chi connectivity index (χ4v) is 4.09. The first kappa shape index (κ1) is 11.3. The average Bonchev–Trinajstić information content (AvgIpc) is 2.98. The number of rotatable bonds is 4. The van der Waals surface area contributed by atoms with Crippen LogP contribution in [0.3, 0.4) is 0 Å². The molecule has 0 saturated heterocycles. The van der Waals surface area contributed by atoms with E-state index in [2.05, 4.69) is 42.6 Å². The van der Waals surface area contributed by atoms with Gasteiger partial charge >= 0.3 is 0 Å². The Morgan fingerprint density at radius 3 is 2.65 bits per heavy atom. The Bertz CT molecular complexity index is 372. The van der Waals surface area contributed by atoms with Crippen LogP contribution in [0.5, 0.6) is 0 Å². The Balaban J connectivity index is 1.92. The molecule has 0 heterocycles. The SMILES string of the molecule is CCCNC1(c2ccccc2)CC2CCC1C2. The van der Waals surface area contributed by atoms with Crippen LogP contribution in [0.15, 0.2) is 30.3 Å². The maximum absolute atomic E-state index is 3.89. The highest BCUT2D eigenvalue weighted by Gasteiger charge is 2.51. The number of hydrogen-bond acceptors (Lipinski definition) is 1. The van der Waals surface area contributed by atoms with Gasteiger partial charge in [-0.2, -0.15) is 0 Å². The lowest BCUT2D eigenvalue weighted by atomic mass is 9.75. The first-order chi connectivity index (χ1) is 8.35. The van der Waals surface area contributed by atoms with Crippen molar-refractivity contribution < 1.29 is 0 Å². The van der Waals surface area contributed by atoms with E-state index in [1.165, 1.54) is 37.7 Å². The summed E-state index contributed by atoms with van der Waals surface area (Å²) in [7, 11) is 0. The van der Waals surface area contributed by atoms with Crippen LogP contribution in [-0.4, -0.2) is 6.54 Å². The standard InChI is InChI=1S/C16H23N/c1-2-10-17-16(14-6-4-3-5-7-14)12-13-8-9-15(16)11-13/h3-7,13,15,17H,2,8-12H2,1H3. The molecule has 2 fully saturated rings. The van der Waals surface area contributed by atoms with Crippen molar-refractivity contribution in [1.82, 2.24) is 5.32 Å². The second-order valence-corrected chi connectivity index (χ2v) is 5.84. The van der Waals surface area contributed by atoms with E-state index in [9.17, 15) is 0 Å². The molecule has 0 aliphatic heterocycles. The van der Waals surface area contributed by atoms with Gasteiger partial charge in [0.1, 0.15) is 0 Å². The molecule has 1 N–H and O–H groups in total. The molecule has 17 heavy (non-hydrogen) atoms. The fraction of sp³-hybridized carbons (Fsp3) is 0.625. The molecule has 0 spiro atoms. The van der Waals surface area contributed by atoms with Gasteiger partial charge in [-0.05, 0) is 49.6 Å². The predicted octanol–water partition coefficient (Wildman–Crippen LogP) is 3.70. The van der Waals surface area contributed by atoms with Crippen LogP contribution in [-0.2, 0) is 5.54 Å². The van der Waals surface area contributed by atoms with Crippen molar-refractivity contribution in [3.63, 3.8) is 0 Å². The molecule has 0 radical (unpaired) electrons. The number of fused-ring (bicyclic) bond motifs is 2. The second-order valence-electron chi connectivity index (χ2n) is 5.84. The first-order valence-corrected chi connectivity index (χ1v) is 7.15. The van der Waals surface area contributed by atoms with Crippen molar-refractivity contribution in [3.05, 3.63) is 35.9 Å². The lowest BCUT2D eigenvalue weighted by molar-refractivity contribution is 0.210. The maximum Gasteiger partial charge on any atom is 0.0465 e. The van der Waals surface area contributed by atoms with Crippen LogP contribution in [0, 0.1) is 11.8 Å². The number of benzene rings is 1. The van der Waals surface area contributed by atoms with Crippen LogP contribution in [0.1, 0.15) is 44.6 Å². The van der Waals surface area contributed by atoms with E-state index >= 15 is 0 Å². The summed E-state index contributed by atoms with van der Waals surface area (Å²) >= 11 is 0. The van der Waals surface area contributed by atoms with Gasteiger partial charge in [-0.25, -0.2) is 0 Å². The largest absolute Gasteiger partial charge is 0.307 e. The van der Waals surface area contributed by atoms with Crippen molar-refractivity contribution in [3.8, 4) is 0 Å². The Labute approximate surface area is 105 Å². The van der Waals surface area contributed by atoms with Gasteiger partial charge in [0.15, 0.2) is 0 Å². The highest BCUT2D eigenvalue weighted by molar-refractivity contribution is 5.28. The van der Waals surface area contributed by atoms with E-state index in [4.69, 9.17) is 0 Å². The minimum absolute atomic E-state index is 0.306. The van der Waals surface area contributed by atoms with Crippen LogP contribution in [0.25, 0.3) is 0 Å². The summed E-state index contributed by atoms with van der Waals surface area (Å²) in [5.74, 6) is 1.85. The van der Waals surface area contributed by atoms with Crippen LogP contribution in [0.2, 0.25) is 0 Å². The highest BCUT2D eigenvalue weighted by Crippen LogP contribution is 2.55. The molecule has 2 saturated carbocycles. The van der Waals surface area contributed by atoms with E-state index in [0.29, 0.717) is 5.54 Å². The summed E-state index contributed by atoms with van der Waals surface area (Å²) in [4.78, 5) is 0. The molecule has 1 heteroatoms. The molecule has 2 aliphatic carbocycles. The second kappa shape index (κ2) is 4.45. The third-order valence-electron chi connectivity index (χ3n) is 4.83. The predicted molar refractivity (Wildman–Crippen MR) is 71.9 cm³/mol. The molecule has 0 aromatic heterocycles. The number of hydrogen-bond donors (Lipinski definition) is 1. The molecule has 1 nitrogen and oxygen atoms in total. The van der Waals surface area contributed by atoms with Crippen LogP contribution in [0.4, 0.5) is 0 Å². The molecule has 3 rings (SSSR count). The maximum atomic E-state index is 3.89. The number of nitrogens with one attached hydrogen (secondary N) is 1. The normalized spacial score (nSPS) is 35.4. The zero-order chi connectivity index (χ0) is 11.7. The summed E-state index contributed by atoms with van der Waals surface area (Å²) in [6.45, 7) is 3.41. The summed E-state index contributed by atoms with van der Waals surface area (Å²) in [6, 6.07) is 11.2. The molecule has 92 valence electrons. The molecular formula is C16H23N. The van der Waals surface area contributed by atoms with E-state index < -0.39 is 0 Å². The summed E-state index contributed by atoms with van der Waals surface area (Å²) in [5, 5.41) is 3.89. The third kappa shape index (κ3) is 1.81. The zero-order valence-corrected chi connectivity index (χ0v) is 10.8. The van der Waals surface area contributed by atoms with E-state index in [1.807, 2.05) is 0 Å². The van der Waals surface area contributed by atoms with E-state index in [-0.39, 0.29) is 0 Å². The lowest BCUT2D eigenvalue weighted by Crippen LogP contribution is -2.47. The molecule has 3 atom stereocenters. The Morgan fingerprint density at radius 2 is 2.06 bits per heavy atom. The molecule has 2 bridgehead atoms. The smallest absolute Gasteiger partial charge is 0.0465 e. The van der Waals surface area contributed by atoms with Gasteiger partial charge in [-0.3, -0.25) is 0 Å². The van der Waals surface area contributed by atoms with Crippen LogP contribution < -0.4 is 5.32 Å². The van der Waals surface area contributed by atoms with Gasteiger partial charge < -0.3 is 5.32 Å². The van der Waals surface area contributed by atoms with E-state index in [0.717, 1.165) is 18.4 Å². The van der Waals surface area contributed by atoms with Crippen molar-refractivity contribution in [2.24, 2.45) is 11.8 Å². The van der Waals surface area contributed by atoms with E-state index in [1.54, 1.807) is 0 Å². The van der Waals surface area contributed by atoms with Crippen molar-refractivity contribution in [1.29, 1.82) is 0 Å².